The van der Waals surface area contributed by atoms with Crippen molar-refractivity contribution >= 4 is 5.91 Å². The van der Waals surface area contributed by atoms with Crippen molar-refractivity contribution in [2.45, 2.75) is 39.5 Å². The lowest BCUT2D eigenvalue weighted by Crippen LogP contribution is -2.51. The predicted octanol–water partition coefficient (Wildman–Crippen LogP) is 2.18. The molecule has 0 spiro atoms. The van der Waals surface area contributed by atoms with E-state index in [1.54, 1.807) is 0 Å². The van der Waals surface area contributed by atoms with Crippen LogP contribution in [0, 0.1) is 28.6 Å². The molecule has 2 rings (SSSR count). The predicted molar refractivity (Wildman–Crippen MR) is 61.4 cm³/mol. The van der Waals surface area contributed by atoms with E-state index in [0.29, 0.717) is 5.92 Å². The monoisotopic (exact) mass is 220 g/mol. The van der Waals surface area contributed by atoms with Crippen LogP contribution in [0.25, 0.3) is 0 Å². The maximum absolute atomic E-state index is 12.3. The third-order valence-corrected chi connectivity index (χ3v) is 4.09. The SMILES string of the molecule is CC1CCN(C(=O)C2(C#N)CC(C)C2)CC1. The van der Waals surface area contributed by atoms with Crippen molar-refractivity contribution in [3.8, 4) is 6.07 Å². The van der Waals surface area contributed by atoms with Crippen LogP contribution in [-0.4, -0.2) is 23.9 Å². The fraction of sp³-hybridized carbons (Fsp3) is 0.846. The standard InChI is InChI=1S/C13H20N2O/c1-10-3-5-15(6-4-10)12(16)13(9-14)7-11(2)8-13/h10-11H,3-8H2,1-2H3. The van der Waals surface area contributed by atoms with Crippen LogP contribution in [0.15, 0.2) is 0 Å². The summed E-state index contributed by atoms with van der Waals surface area (Å²) < 4.78 is 0. The number of carbonyl (C=O) groups is 1. The Labute approximate surface area is 97.4 Å². The number of carbonyl (C=O) groups excluding carboxylic acids is 1. The Balaban J connectivity index is 2.00. The van der Waals surface area contributed by atoms with Gasteiger partial charge in [0.15, 0.2) is 0 Å². The minimum atomic E-state index is -0.667. The summed E-state index contributed by atoms with van der Waals surface area (Å²) in [5.41, 5.74) is -0.667. The van der Waals surface area contributed by atoms with Gasteiger partial charge < -0.3 is 4.90 Å². The molecule has 0 aromatic heterocycles. The number of amides is 1. The van der Waals surface area contributed by atoms with E-state index in [-0.39, 0.29) is 5.91 Å². The molecule has 2 aliphatic rings. The molecule has 1 heterocycles. The zero-order chi connectivity index (χ0) is 11.8. The third kappa shape index (κ3) is 1.81. The zero-order valence-electron chi connectivity index (χ0n) is 10.2. The lowest BCUT2D eigenvalue weighted by atomic mass is 9.62. The first-order valence-electron chi connectivity index (χ1n) is 6.28. The van der Waals surface area contributed by atoms with Crippen LogP contribution in [0.1, 0.15) is 39.5 Å². The van der Waals surface area contributed by atoms with Crippen molar-refractivity contribution in [1.29, 1.82) is 5.26 Å². The number of likely N-dealkylation sites (tertiary alicyclic amines) is 1. The van der Waals surface area contributed by atoms with Gasteiger partial charge in [0.25, 0.3) is 0 Å². The molecule has 0 N–H and O–H groups in total. The van der Waals surface area contributed by atoms with E-state index in [4.69, 9.17) is 0 Å². The summed E-state index contributed by atoms with van der Waals surface area (Å²) in [6.07, 6.45) is 3.69. The molecule has 0 bridgehead atoms. The first-order valence-corrected chi connectivity index (χ1v) is 6.28. The molecule has 1 aliphatic heterocycles. The van der Waals surface area contributed by atoms with Gasteiger partial charge in [0.2, 0.25) is 5.91 Å². The average molecular weight is 220 g/mol. The Hall–Kier alpha value is -1.04. The third-order valence-electron chi connectivity index (χ3n) is 4.09. The van der Waals surface area contributed by atoms with Gasteiger partial charge >= 0.3 is 0 Å². The van der Waals surface area contributed by atoms with Crippen LogP contribution in [0.2, 0.25) is 0 Å². The Bertz CT molecular complexity index is 317. The van der Waals surface area contributed by atoms with Gasteiger partial charge in [-0.15, -0.1) is 0 Å². The average Bonchev–Trinajstić information content (AvgIpc) is 2.24. The first-order chi connectivity index (χ1) is 7.57. The fourth-order valence-corrected chi connectivity index (χ4v) is 2.96. The molecule has 3 nitrogen and oxygen atoms in total. The molecule has 1 amide bonds. The molecule has 2 fully saturated rings. The Morgan fingerprint density at radius 3 is 2.25 bits per heavy atom. The van der Waals surface area contributed by atoms with Crippen LogP contribution in [0.4, 0.5) is 0 Å². The van der Waals surface area contributed by atoms with Crippen LogP contribution < -0.4 is 0 Å². The van der Waals surface area contributed by atoms with Crippen LogP contribution >= 0.6 is 0 Å². The van der Waals surface area contributed by atoms with Gasteiger partial charge in [-0.3, -0.25) is 4.79 Å². The van der Waals surface area contributed by atoms with Gasteiger partial charge in [0, 0.05) is 13.1 Å². The Kier molecular flexibility index (Phi) is 2.92. The highest BCUT2D eigenvalue weighted by Crippen LogP contribution is 2.46. The van der Waals surface area contributed by atoms with Crippen LogP contribution in [-0.2, 0) is 4.79 Å². The van der Waals surface area contributed by atoms with Crippen LogP contribution in [0.3, 0.4) is 0 Å². The van der Waals surface area contributed by atoms with Gasteiger partial charge in [0.1, 0.15) is 5.41 Å². The van der Waals surface area contributed by atoms with Crippen molar-refractivity contribution in [2.24, 2.45) is 17.3 Å². The van der Waals surface area contributed by atoms with E-state index in [1.165, 1.54) is 0 Å². The number of hydrogen-bond donors (Lipinski definition) is 0. The highest BCUT2D eigenvalue weighted by Gasteiger charge is 2.50. The highest BCUT2D eigenvalue weighted by atomic mass is 16.2. The number of piperidine rings is 1. The van der Waals surface area contributed by atoms with Gasteiger partial charge in [0.05, 0.1) is 6.07 Å². The van der Waals surface area contributed by atoms with E-state index in [9.17, 15) is 10.1 Å². The molecule has 3 heteroatoms. The number of rotatable bonds is 1. The van der Waals surface area contributed by atoms with Crippen molar-refractivity contribution < 1.29 is 4.79 Å². The van der Waals surface area contributed by atoms with Gasteiger partial charge in [-0.05, 0) is 37.5 Å². The fourth-order valence-electron chi connectivity index (χ4n) is 2.96. The van der Waals surface area contributed by atoms with Gasteiger partial charge in [-0.1, -0.05) is 13.8 Å². The minimum absolute atomic E-state index is 0.0972. The smallest absolute Gasteiger partial charge is 0.243 e. The molecule has 0 aromatic carbocycles. The lowest BCUT2D eigenvalue weighted by Gasteiger charge is -2.43. The molecular weight excluding hydrogens is 200 g/mol. The second kappa shape index (κ2) is 4.08. The van der Waals surface area contributed by atoms with E-state index in [2.05, 4.69) is 19.9 Å². The lowest BCUT2D eigenvalue weighted by molar-refractivity contribution is -0.146. The summed E-state index contributed by atoms with van der Waals surface area (Å²) in [6.45, 7) is 6.03. The Morgan fingerprint density at radius 2 is 1.81 bits per heavy atom. The molecule has 88 valence electrons. The van der Waals surface area contributed by atoms with E-state index in [0.717, 1.165) is 44.7 Å². The van der Waals surface area contributed by atoms with E-state index >= 15 is 0 Å². The minimum Gasteiger partial charge on any atom is -0.341 e. The van der Waals surface area contributed by atoms with Gasteiger partial charge in [-0.2, -0.15) is 5.26 Å². The molecule has 0 radical (unpaired) electrons. The molecule has 0 aromatic rings. The van der Waals surface area contributed by atoms with Crippen molar-refractivity contribution in [1.82, 2.24) is 4.90 Å². The van der Waals surface area contributed by atoms with E-state index < -0.39 is 5.41 Å². The Morgan fingerprint density at radius 1 is 1.25 bits per heavy atom. The first kappa shape index (κ1) is 11.4. The summed E-state index contributed by atoms with van der Waals surface area (Å²) in [5.74, 6) is 1.36. The number of nitrogens with zero attached hydrogens (tertiary/aromatic N) is 2. The second-order valence-corrected chi connectivity index (χ2v) is 5.68. The quantitative estimate of drug-likeness (QED) is 0.680. The summed E-state index contributed by atoms with van der Waals surface area (Å²) in [6, 6.07) is 2.26. The molecule has 0 unspecified atom stereocenters. The summed E-state index contributed by atoms with van der Waals surface area (Å²) in [4.78, 5) is 14.2. The molecule has 1 saturated heterocycles. The molecule has 1 aliphatic carbocycles. The maximum Gasteiger partial charge on any atom is 0.243 e. The van der Waals surface area contributed by atoms with Crippen molar-refractivity contribution in [2.75, 3.05) is 13.1 Å². The van der Waals surface area contributed by atoms with Crippen LogP contribution in [0.5, 0.6) is 0 Å². The summed E-state index contributed by atoms with van der Waals surface area (Å²) >= 11 is 0. The zero-order valence-corrected chi connectivity index (χ0v) is 10.2. The van der Waals surface area contributed by atoms with Crippen molar-refractivity contribution in [3.05, 3.63) is 0 Å². The van der Waals surface area contributed by atoms with Crippen molar-refractivity contribution in [3.63, 3.8) is 0 Å². The molecule has 0 atom stereocenters. The molecule has 1 saturated carbocycles. The van der Waals surface area contributed by atoms with Gasteiger partial charge in [-0.25, -0.2) is 0 Å². The normalized spacial score (nSPS) is 35.3. The molecular formula is C13H20N2O. The number of hydrogen-bond acceptors (Lipinski definition) is 2. The molecule has 16 heavy (non-hydrogen) atoms. The summed E-state index contributed by atoms with van der Waals surface area (Å²) in [7, 11) is 0. The number of nitriles is 1. The summed E-state index contributed by atoms with van der Waals surface area (Å²) in [5, 5.41) is 9.21. The maximum atomic E-state index is 12.3. The highest BCUT2D eigenvalue weighted by molar-refractivity contribution is 5.86. The largest absolute Gasteiger partial charge is 0.341 e. The second-order valence-electron chi connectivity index (χ2n) is 5.68. The van der Waals surface area contributed by atoms with E-state index in [1.807, 2.05) is 4.90 Å². The topological polar surface area (TPSA) is 44.1 Å².